The van der Waals surface area contributed by atoms with Gasteiger partial charge in [0.25, 0.3) is 0 Å². The molecule has 132 valence electrons. The van der Waals surface area contributed by atoms with Crippen molar-refractivity contribution in [2.24, 2.45) is 10.9 Å². The molecule has 0 spiro atoms. The van der Waals surface area contributed by atoms with Crippen LogP contribution in [0.15, 0.2) is 29.3 Å². The quantitative estimate of drug-likeness (QED) is 0.642. The van der Waals surface area contributed by atoms with E-state index in [4.69, 9.17) is 9.73 Å². The van der Waals surface area contributed by atoms with E-state index in [9.17, 15) is 4.39 Å². The van der Waals surface area contributed by atoms with Crippen molar-refractivity contribution in [3.8, 4) is 0 Å². The molecule has 1 heterocycles. The minimum absolute atomic E-state index is 0.0279. The molecule has 0 aromatic heterocycles. The van der Waals surface area contributed by atoms with Crippen molar-refractivity contribution < 1.29 is 9.13 Å². The Morgan fingerprint density at radius 1 is 1.46 bits per heavy atom. The summed E-state index contributed by atoms with van der Waals surface area (Å²) in [6.45, 7) is 6.31. The fraction of sp³-hybridized carbons (Fsp3) is 0.632. The zero-order valence-electron chi connectivity index (χ0n) is 14.7. The molecule has 0 radical (unpaired) electrons. The number of hydrogen-bond acceptors (Lipinski definition) is 2. The molecule has 1 aliphatic carbocycles. The smallest absolute Gasteiger partial charge is 0.193 e. The predicted octanol–water partition coefficient (Wildman–Crippen LogP) is 2.79. The van der Waals surface area contributed by atoms with Gasteiger partial charge in [-0.3, -0.25) is 4.99 Å². The minimum Gasteiger partial charge on any atom is -0.381 e. The molecule has 1 aromatic rings. The minimum atomic E-state index is -0.159. The van der Waals surface area contributed by atoms with Crippen molar-refractivity contribution in [2.45, 2.75) is 31.6 Å². The Morgan fingerprint density at radius 3 is 2.92 bits per heavy atom. The Morgan fingerprint density at radius 2 is 2.29 bits per heavy atom. The van der Waals surface area contributed by atoms with Crippen molar-refractivity contribution >= 4 is 5.96 Å². The number of hydrogen-bond donors (Lipinski definition) is 1. The molecule has 1 saturated carbocycles. The lowest BCUT2D eigenvalue weighted by Crippen LogP contribution is -2.42. The Bertz CT molecular complexity index is 580. The van der Waals surface area contributed by atoms with Gasteiger partial charge in [-0.1, -0.05) is 12.1 Å². The highest BCUT2D eigenvalue weighted by molar-refractivity contribution is 5.79. The summed E-state index contributed by atoms with van der Waals surface area (Å²) >= 11 is 0. The lowest BCUT2D eigenvalue weighted by Gasteiger charge is -2.25. The highest BCUT2D eigenvalue weighted by atomic mass is 19.1. The molecule has 5 heteroatoms. The first-order valence-corrected chi connectivity index (χ1v) is 8.96. The van der Waals surface area contributed by atoms with E-state index in [0.29, 0.717) is 12.5 Å². The van der Waals surface area contributed by atoms with E-state index in [1.165, 1.54) is 6.07 Å². The number of benzene rings is 1. The van der Waals surface area contributed by atoms with Gasteiger partial charge in [0, 0.05) is 38.1 Å². The van der Waals surface area contributed by atoms with E-state index >= 15 is 0 Å². The van der Waals surface area contributed by atoms with Gasteiger partial charge in [-0.2, -0.15) is 0 Å². The van der Waals surface area contributed by atoms with Gasteiger partial charge in [-0.05, 0) is 43.9 Å². The second-order valence-corrected chi connectivity index (χ2v) is 7.07. The lowest BCUT2D eigenvalue weighted by molar-refractivity contribution is 0.181. The molecule has 24 heavy (non-hydrogen) atoms. The van der Waals surface area contributed by atoms with Crippen LogP contribution in [0.5, 0.6) is 0 Å². The number of aliphatic imine (C=N–C) groups is 1. The normalized spacial score (nSPS) is 22.5. The van der Waals surface area contributed by atoms with Gasteiger partial charge in [0.05, 0.1) is 13.2 Å². The first kappa shape index (κ1) is 17.2. The zero-order valence-corrected chi connectivity index (χ0v) is 14.7. The molecular weight excluding hydrogens is 305 g/mol. The van der Waals surface area contributed by atoms with E-state index in [0.717, 1.165) is 57.1 Å². The maximum absolute atomic E-state index is 13.5. The molecule has 3 rings (SSSR count). The number of halogens is 1. The Kier molecular flexibility index (Phi) is 5.39. The van der Waals surface area contributed by atoms with Gasteiger partial charge >= 0.3 is 0 Å². The maximum atomic E-state index is 13.5. The number of rotatable bonds is 6. The van der Waals surface area contributed by atoms with E-state index in [1.54, 1.807) is 12.1 Å². The summed E-state index contributed by atoms with van der Waals surface area (Å²) in [6, 6.07) is 6.99. The summed E-state index contributed by atoms with van der Waals surface area (Å²) in [6.07, 6.45) is 3.29. The molecule has 1 N–H and O–H groups in total. The lowest BCUT2D eigenvalue weighted by atomic mass is 9.96. The van der Waals surface area contributed by atoms with Crippen molar-refractivity contribution in [1.29, 1.82) is 0 Å². The summed E-state index contributed by atoms with van der Waals surface area (Å²) in [5.41, 5.74) is 1.11. The molecule has 1 aliphatic heterocycles. The number of guanidine groups is 1. The second kappa shape index (κ2) is 7.51. The van der Waals surface area contributed by atoms with Gasteiger partial charge in [0.15, 0.2) is 5.96 Å². The van der Waals surface area contributed by atoms with E-state index in [2.05, 4.69) is 24.2 Å². The third-order valence-electron chi connectivity index (χ3n) is 5.07. The summed E-state index contributed by atoms with van der Waals surface area (Å²) < 4.78 is 19.0. The topological polar surface area (TPSA) is 36.9 Å². The zero-order chi connectivity index (χ0) is 17.0. The number of nitrogens with one attached hydrogen (secondary N) is 1. The van der Waals surface area contributed by atoms with Crippen LogP contribution in [0.1, 0.15) is 31.7 Å². The molecule has 1 atom stereocenters. The first-order chi connectivity index (χ1) is 11.6. The molecule has 1 unspecified atom stereocenters. The van der Waals surface area contributed by atoms with Crippen LogP contribution in [0.2, 0.25) is 0 Å². The molecule has 2 fully saturated rings. The fourth-order valence-corrected chi connectivity index (χ4v) is 3.40. The maximum Gasteiger partial charge on any atom is 0.193 e. The summed E-state index contributed by atoms with van der Waals surface area (Å²) in [7, 11) is 2.08. The highest BCUT2D eigenvalue weighted by Gasteiger charge is 2.44. The van der Waals surface area contributed by atoms with Gasteiger partial charge in [-0.15, -0.1) is 0 Å². The number of nitrogens with zero attached hydrogens (tertiary/aromatic N) is 2. The van der Waals surface area contributed by atoms with Crippen molar-refractivity contribution in [2.75, 3.05) is 39.9 Å². The largest absolute Gasteiger partial charge is 0.381 e. The fourth-order valence-electron chi connectivity index (χ4n) is 3.40. The van der Waals surface area contributed by atoms with Crippen LogP contribution >= 0.6 is 0 Å². The average Bonchev–Trinajstić information content (AvgIpc) is 3.20. The second-order valence-electron chi connectivity index (χ2n) is 7.07. The van der Waals surface area contributed by atoms with E-state index in [-0.39, 0.29) is 11.2 Å². The molecule has 0 amide bonds. The molecule has 1 saturated heterocycles. The van der Waals surface area contributed by atoms with Gasteiger partial charge in [0.1, 0.15) is 5.82 Å². The van der Waals surface area contributed by atoms with Crippen LogP contribution < -0.4 is 5.32 Å². The summed E-state index contributed by atoms with van der Waals surface area (Å²) in [4.78, 5) is 7.06. The van der Waals surface area contributed by atoms with Gasteiger partial charge < -0.3 is 15.0 Å². The monoisotopic (exact) mass is 333 g/mol. The van der Waals surface area contributed by atoms with Crippen LogP contribution in [0.25, 0.3) is 0 Å². The third-order valence-corrected chi connectivity index (χ3v) is 5.07. The Labute approximate surface area is 144 Å². The molecule has 2 aliphatic rings. The first-order valence-electron chi connectivity index (χ1n) is 8.96. The Balaban J connectivity index is 1.66. The molecule has 4 nitrogen and oxygen atoms in total. The van der Waals surface area contributed by atoms with Crippen LogP contribution in [0, 0.1) is 11.7 Å². The summed E-state index contributed by atoms with van der Waals surface area (Å²) in [5, 5.41) is 3.38. The van der Waals surface area contributed by atoms with Crippen LogP contribution in [-0.2, 0) is 10.2 Å². The van der Waals surface area contributed by atoms with Crippen molar-refractivity contribution in [3.63, 3.8) is 0 Å². The van der Waals surface area contributed by atoms with Crippen molar-refractivity contribution in [1.82, 2.24) is 10.2 Å². The molecule has 1 aromatic carbocycles. The molecular formula is C19H28FN3O. The SMILES string of the molecule is CCNC(=NCC1(c2cccc(F)c2)CC1)N(C)CC1CCOC1. The average molecular weight is 333 g/mol. The standard InChI is InChI=1S/C19H28FN3O/c1-3-21-18(23(2)12-15-7-10-24-13-15)22-14-19(8-9-19)16-5-4-6-17(20)11-16/h4-6,11,15H,3,7-10,12-14H2,1-2H3,(H,21,22). The summed E-state index contributed by atoms with van der Waals surface area (Å²) in [5.74, 6) is 1.36. The highest BCUT2D eigenvalue weighted by Crippen LogP contribution is 2.48. The van der Waals surface area contributed by atoms with E-state index < -0.39 is 0 Å². The Hall–Kier alpha value is -1.62. The van der Waals surface area contributed by atoms with Crippen LogP contribution in [-0.4, -0.2) is 50.8 Å². The number of ether oxygens (including phenoxy) is 1. The third kappa shape index (κ3) is 4.07. The van der Waals surface area contributed by atoms with Crippen LogP contribution in [0.4, 0.5) is 4.39 Å². The van der Waals surface area contributed by atoms with E-state index in [1.807, 2.05) is 6.07 Å². The van der Waals surface area contributed by atoms with Gasteiger partial charge in [0.2, 0.25) is 0 Å². The van der Waals surface area contributed by atoms with Crippen molar-refractivity contribution in [3.05, 3.63) is 35.6 Å². The predicted molar refractivity (Wildman–Crippen MR) is 94.8 cm³/mol. The van der Waals surface area contributed by atoms with Gasteiger partial charge in [-0.25, -0.2) is 4.39 Å². The van der Waals surface area contributed by atoms with Crippen LogP contribution in [0.3, 0.4) is 0 Å². The molecule has 0 bridgehead atoms.